The fraction of sp³-hybridized carbons (Fsp3) is 0.0667. The first kappa shape index (κ1) is 13.1. The number of nitrogen functional groups attached to an aromatic ring is 2. The fourth-order valence-corrected chi connectivity index (χ4v) is 2.35. The highest BCUT2D eigenvalue weighted by Gasteiger charge is 2.14. The third-order valence-electron chi connectivity index (χ3n) is 3.55. The van der Waals surface area contributed by atoms with Gasteiger partial charge in [0.1, 0.15) is 5.82 Å². The first-order valence-corrected chi connectivity index (χ1v) is 6.32. The topological polar surface area (TPSA) is 97.8 Å². The van der Waals surface area contributed by atoms with E-state index in [2.05, 4.69) is 10.2 Å². The largest absolute Gasteiger partial charge is 0.397 e. The van der Waals surface area contributed by atoms with E-state index < -0.39 is 5.82 Å². The van der Waals surface area contributed by atoms with Crippen molar-refractivity contribution in [2.75, 3.05) is 11.5 Å². The van der Waals surface area contributed by atoms with Crippen molar-refractivity contribution in [3.8, 4) is 11.3 Å². The zero-order chi connectivity index (χ0) is 15.1. The number of fused-ring (bicyclic) bond motifs is 1. The summed E-state index contributed by atoms with van der Waals surface area (Å²) in [5.74, 6) is -0.433. The molecule has 5 nitrogen and oxygen atoms in total. The number of benzene rings is 2. The minimum absolute atomic E-state index is 0.366. The molecule has 0 radical (unpaired) electrons. The van der Waals surface area contributed by atoms with Gasteiger partial charge in [-0.3, -0.25) is 4.79 Å². The van der Waals surface area contributed by atoms with Gasteiger partial charge < -0.3 is 11.5 Å². The first-order chi connectivity index (χ1) is 9.99. The van der Waals surface area contributed by atoms with Crippen LogP contribution in [0, 0.1) is 12.7 Å². The first-order valence-electron chi connectivity index (χ1n) is 6.32. The number of nitrogens with zero attached hydrogens (tertiary/aromatic N) is 1. The van der Waals surface area contributed by atoms with Gasteiger partial charge >= 0.3 is 0 Å². The van der Waals surface area contributed by atoms with Gasteiger partial charge in [0.2, 0.25) is 0 Å². The predicted octanol–water partition coefficient (Wildman–Crippen LogP) is 2.20. The zero-order valence-electron chi connectivity index (χ0n) is 11.3. The molecule has 106 valence electrons. The van der Waals surface area contributed by atoms with Crippen LogP contribution in [0.2, 0.25) is 0 Å². The summed E-state index contributed by atoms with van der Waals surface area (Å²) in [4.78, 5) is 11.8. The summed E-state index contributed by atoms with van der Waals surface area (Å²) in [5.41, 5.74) is 14.1. The van der Waals surface area contributed by atoms with Crippen LogP contribution in [0.15, 0.2) is 35.1 Å². The number of hydrogen-bond donors (Lipinski definition) is 3. The van der Waals surface area contributed by atoms with E-state index in [0.29, 0.717) is 33.4 Å². The van der Waals surface area contributed by atoms with Crippen molar-refractivity contribution in [3.63, 3.8) is 0 Å². The minimum Gasteiger partial charge on any atom is -0.397 e. The van der Waals surface area contributed by atoms with E-state index in [1.807, 2.05) is 0 Å². The maximum absolute atomic E-state index is 13.5. The lowest BCUT2D eigenvalue weighted by Crippen LogP contribution is -2.10. The number of anilines is 2. The van der Waals surface area contributed by atoms with Gasteiger partial charge in [-0.1, -0.05) is 6.07 Å². The summed E-state index contributed by atoms with van der Waals surface area (Å²) in [5, 5.41) is 7.28. The van der Waals surface area contributed by atoms with Crippen LogP contribution in [0.1, 0.15) is 5.56 Å². The van der Waals surface area contributed by atoms with E-state index in [1.165, 1.54) is 18.2 Å². The highest BCUT2D eigenvalue weighted by molar-refractivity contribution is 5.95. The second-order valence-electron chi connectivity index (χ2n) is 4.83. The van der Waals surface area contributed by atoms with Crippen LogP contribution in [0.5, 0.6) is 0 Å². The van der Waals surface area contributed by atoms with Gasteiger partial charge in [-0.2, -0.15) is 5.10 Å². The van der Waals surface area contributed by atoms with Gasteiger partial charge in [0.15, 0.2) is 0 Å². The molecule has 0 aliphatic heterocycles. The second kappa shape index (κ2) is 4.59. The summed E-state index contributed by atoms with van der Waals surface area (Å²) >= 11 is 0. The summed E-state index contributed by atoms with van der Waals surface area (Å²) in [7, 11) is 0. The molecular weight excluding hydrogens is 271 g/mol. The van der Waals surface area contributed by atoms with Crippen molar-refractivity contribution in [3.05, 3.63) is 52.1 Å². The molecule has 0 atom stereocenters. The van der Waals surface area contributed by atoms with E-state index in [1.54, 1.807) is 19.1 Å². The van der Waals surface area contributed by atoms with E-state index in [9.17, 15) is 9.18 Å². The normalized spacial score (nSPS) is 11.0. The summed E-state index contributed by atoms with van der Waals surface area (Å²) in [6, 6.07) is 7.39. The van der Waals surface area contributed by atoms with Crippen molar-refractivity contribution < 1.29 is 4.39 Å². The zero-order valence-corrected chi connectivity index (χ0v) is 11.3. The molecule has 0 bridgehead atoms. The van der Waals surface area contributed by atoms with Gasteiger partial charge in [-0.05, 0) is 36.8 Å². The number of nitrogens with one attached hydrogen (secondary N) is 1. The van der Waals surface area contributed by atoms with Crippen LogP contribution in [-0.2, 0) is 0 Å². The number of halogens is 1. The molecule has 3 aromatic rings. The monoisotopic (exact) mass is 284 g/mol. The molecule has 1 aromatic heterocycles. The van der Waals surface area contributed by atoms with E-state index in [0.717, 1.165) is 5.56 Å². The number of rotatable bonds is 1. The van der Waals surface area contributed by atoms with Crippen LogP contribution >= 0.6 is 0 Å². The summed E-state index contributed by atoms with van der Waals surface area (Å²) in [6.07, 6.45) is 0. The van der Waals surface area contributed by atoms with Gasteiger partial charge in [0.05, 0.1) is 22.5 Å². The van der Waals surface area contributed by atoms with Gasteiger partial charge in [0.25, 0.3) is 5.56 Å². The highest BCUT2D eigenvalue weighted by atomic mass is 19.1. The molecule has 21 heavy (non-hydrogen) atoms. The summed E-state index contributed by atoms with van der Waals surface area (Å²) in [6.45, 7) is 1.80. The molecular formula is C15H13FN4O. The Morgan fingerprint density at radius 3 is 2.67 bits per heavy atom. The van der Waals surface area contributed by atoms with Gasteiger partial charge in [-0.25, -0.2) is 9.49 Å². The molecule has 2 aromatic carbocycles. The van der Waals surface area contributed by atoms with Crippen molar-refractivity contribution in [2.24, 2.45) is 0 Å². The molecule has 3 rings (SSSR count). The number of H-pyrrole nitrogens is 1. The van der Waals surface area contributed by atoms with Crippen LogP contribution < -0.4 is 17.0 Å². The number of nitrogens with two attached hydrogens (primary N) is 2. The number of aromatic amines is 1. The third kappa shape index (κ3) is 2.01. The van der Waals surface area contributed by atoms with E-state index in [-0.39, 0.29) is 5.56 Å². The van der Waals surface area contributed by atoms with E-state index >= 15 is 0 Å². The minimum atomic E-state index is -0.433. The van der Waals surface area contributed by atoms with Crippen molar-refractivity contribution in [1.29, 1.82) is 0 Å². The molecule has 5 N–H and O–H groups in total. The summed E-state index contributed by atoms with van der Waals surface area (Å²) < 4.78 is 13.5. The van der Waals surface area contributed by atoms with Crippen LogP contribution in [0.25, 0.3) is 22.0 Å². The average molecular weight is 284 g/mol. The Bertz CT molecular complexity index is 917. The SMILES string of the molecule is Cc1c(-c2n[nH]c(=O)c3ccc(F)cc23)ccc(N)c1N. The molecule has 0 saturated heterocycles. The van der Waals surface area contributed by atoms with Gasteiger partial charge in [-0.15, -0.1) is 0 Å². The molecule has 0 fully saturated rings. The van der Waals surface area contributed by atoms with Crippen LogP contribution in [0.4, 0.5) is 15.8 Å². The van der Waals surface area contributed by atoms with Crippen molar-refractivity contribution in [2.45, 2.75) is 6.92 Å². The average Bonchev–Trinajstić information content (AvgIpc) is 2.46. The Hall–Kier alpha value is -2.89. The Morgan fingerprint density at radius 1 is 1.14 bits per heavy atom. The Labute approximate surface area is 119 Å². The highest BCUT2D eigenvalue weighted by Crippen LogP contribution is 2.32. The van der Waals surface area contributed by atoms with E-state index in [4.69, 9.17) is 11.5 Å². The van der Waals surface area contributed by atoms with Crippen LogP contribution in [-0.4, -0.2) is 10.2 Å². The smallest absolute Gasteiger partial charge is 0.272 e. The number of aromatic nitrogens is 2. The predicted molar refractivity (Wildman–Crippen MR) is 81.3 cm³/mol. The molecule has 6 heteroatoms. The van der Waals surface area contributed by atoms with Gasteiger partial charge in [0, 0.05) is 10.9 Å². The molecule has 0 spiro atoms. The molecule has 1 heterocycles. The van der Waals surface area contributed by atoms with Crippen LogP contribution in [0.3, 0.4) is 0 Å². The third-order valence-corrected chi connectivity index (χ3v) is 3.55. The second-order valence-corrected chi connectivity index (χ2v) is 4.83. The standard InChI is InChI=1S/C15H13FN4O/c1-7-9(4-5-12(17)13(7)18)14-11-6-8(16)2-3-10(11)15(21)20-19-14/h2-6H,17-18H2,1H3,(H,20,21). The molecule has 0 unspecified atom stereocenters. The lowest BCUT2D eigenvalue weighted by Gasteiger charge is -2.11. The molecule has 0 saturated carbocycles. The quantitative estimate of drug-likeness (QED) is 0.597. The maximum Gasteiger partial charge on any atom is 0.272 e. The lowest BCUT2D eigenvalue weighted by molar-refractivity contribution is 0.629. The van der Waals surface area contributed by atoms with Crippen molar-refractivity contribution in [1.82, 2.24) is 10.2 Å². The lowest BCUT2D eigenvalue weighted by atomic mass is 9.99. The fourth-order valence-electron chi connectivity index (χ4n) is 2.35. The molecule has 0 aliphatic rings. The van der Waals surface area contributed by atoms with Crippen molar-refractivity contribution >= 4 is 22.1 Å². The molecule has 0 aliphatic carbocycles. The Morgan fingerprint density at radius 2 is 1.90 bits per heavy atom. The molecule has 0 amide bonds. The Kier molecular flexibility index (Phi) is 2.86. The maximum atomic E-state index is 13.5. The number of hydrogen-bond acceptors (Lipinski definition) is 4. The Balaban J connectivity index is 2.41.